The van der Waals surface area contributed by atoms with Crippen LogP contribution in [0.25, 0.3) is 0 Å². The molecule has 21 heavy (non-hydrogen) atoms. The molecule has 110 valence electrons. The van der Waals surface area contributed by atoms with Gasteiger partial charge in [-0.1, -0.05) is 23.8 Å². The van der Waals surface area contributed by atoms with Crippen molar-refractivity contribution >= 4 is 51.8 Å². The number of halogens is 2. The Bertz CT molecular complexity index is 646. The van der Waals surface area contributed by atoms with E-state index in [1.54, 1.807) is 18.2 Å². The van der Waals surface area contributed by atoms with Crippen LogP contribution in [-0.4, -0.2) is 17.0 Å². The predicted octanol–water partition coefficient (Wildman–Crippen LogP) is 3.41. The molecular formula is C15H13ClINO3. The fraction of sp³-hybridized carbons (Fsp3) is 0.333. The van der Waals surface area contributed by atoms with E-state index in [1.165, 1.54) is 0 Å². The molecule has 2 unspecified atom stereocenters. The molecule has 0 saturated heterocycles. The summed E-state index contributed by atoms with van der Waals surface area (Å²) in [5.41, 5.74) is 0.667. The van der Waals surface area contributed by atoms with Crippen LogP contribution in [-0.2, 0) is 9.59 Å². The summed E-state index contributed by atoms with van der Waals surface area (Å²) in [6.07, 6.45) is 4.66. The Morgan fingerprint density at radius 1 is 1.24 bits per heavy atom. The highest BCUT2D eigenvalue weighted by Crippen LogP contribution is 2.48. The molecule has 6 heteroatoms. The highest BCUT2D eigenvalue weighted by molar-refractivity contribution is 14.1. The van der Waals surface area contributed by atoms with Crippen LogP contribution >= 0.6 is 34.2 Å². The summed E-state index contributed by atoms with van der Waals surface area (Å²) in [6, 6.07) is 5.20. The van der Waals surface area contributed by atoms with Gasteiger partial charge < -0.3 is 10.4 Å². The minimum atomic E-state index is -0.891. The number of anilines is 1. The Kier molecular flexibility index (Phi) is 3.96. The molecule has 4 atom stereocenters. The van der Waals surface area contributed by atoms with Crippen molar-refractivity contribution in [3.8, 4) is 0 Å². The third-order valence-electron chi connectivity index (χ3n) is 4.24. The van der Waals surface area contributed by atoms with Gasteiger partial charge in [-0.25, -0.2) is 0 Å². The Morgan fingerprint density at radius 2 is 1.90 bits per heavy atom. The molecule has 0 spiro atoms. The number of carbonyl (C=O) groups is 2. The first-order valence-corrected chi connectivity index (χ1v) is 8.10. The second kappa shape index (κ2) is 5.61. The van der Waals surface area contributed by atoms with Crippen molar-refractivity contribution in [3.05, 3.63) is 38.9 Å². The number of nitrogens with one attached hydrogen (secondary N) is 1. The summed E-state index contributed by atoms with van der Waals surface area (Å²) in [6.45, 7) is 0. The second-order valence-corrected chi connectivity index (χ2v) is 7.05. The Hall–Kier alpha value is -1.08. The smallest absolute Gasteiger partial charge is 0.307 e. The molecule has 0 heterocycles. The lowest BCUT2D eigenvalue weighted by Crippen LogP contribution is -2.36. The molecule has 3 rings (SSSR count). The summed E-state index contributed by atoms with van der Waals surface area (Å²) < 4.78 is 0.832. The molecule has 0 aromatic heterocycles. The van der Waals surface area contributed by atoms with Gasteiger partial charge >= 0.3 is 5.97 Å². The van der Waals surface area contributed by atoms with E-state index in [0.29, 0.717) is 10.7 Å². The van der Waals surface area contributed by atoms with E-state index < -0.39 is 17.8 Å². The first-order valence-electron chi connectivity index (χ1n) is 6.64. The van der Waals surface area contributed by atoms with E-state index >= 15 is 0 Å². The Balaban J connectivity index is 1.82. The van der Waals surface area contributed by atoms with Gasteiger partial charge in [0, 0.05) is 8.59 Å². The largest absolute Gasteiger partial charge is 0.481 e. The third-order valence-corrected chi connectivity index (χ3v) is 5.36. The molecule has 4 nitrogen and oxygen atoms in total. The summed E-state index contributed by atoms with van der Waals surface area (Å²) >= 11 is 7.99. The van der Waals surface area contributed by atoms with E-state index in [4.69, 9.17) is 11.6 Å². The van der Waals surface area contributed by atoms with Gasteiger partial charge in [0.25, 0.3) is 0 Å². The van der Waals surface area contributed by atoms with Crippen molar-refractivity contribution in [2.24, 2.45) is 23.7 Å². The third kappa shape index (κ3) is 2.68. The number of carbonyl (C=O) groups excluding carboxylic acids is 1. The highest BCUT2D eigenvalue weighted by atomic mass is 127. The molecule has 1 fully saturated rings. The fourth-order valence-electron chi connectivity index (χ4n) is 3.32. The van der Waals surface area contributed by atoms with E-state index in [9.17, 15) is 14.7 Å². The van der Waals surface area contributed by atoms with E-state index in [1.807, 2.05) is 12.2 Å². The Labute approximate surface area is 140 Å². The molecule has 2 aliphatic rings. The average Bonchev–Trinajstić information content (AvgIpc) is 3.02. The number of hydrogen-bond acceptors (Lipinski definition) is 2. The van der Waals surface area contributed by atoms with Gasteiger partial charge in [0.05, 0.1) is 17.5 Å². The predicted molar refractivity (Wildman–Crippen MR) is 88.2 cm³/mol. The molecular weight excluding hydrogens is 405 g/mol. The van der Waals surface area contributed by atoms with Gasteiger partial charge in [0.2, 0.25) is 5.91 Å². The monoisotopic (exact) mass is 417 g/mol. The second-order valence-electron chi connectivity index (χ2n) is 5.45. The lowest BCUT2D eigenvalue weighted by atomic mass is 9.82. The number of aliphatic carboxylic acids is 1. The van der Waals surface area contributed by atoms with Crippen LogP contribution in [0.5, 0.6) is 0 Å². The molecule has 1 saturated carbocycles. The molecule has 2 N–H and O–H groups in total. The number of allylic oxidation sites excluding steroid dienone is 2. The Morgan fingerprint density at radius 3 is 2.52 bits per heavy atom. The van der Waals surface area contributed by atoms with Crippen LogP contribution < -0.4 is 5.32 Å². The molecule has 0 aliphatic heterocycles. The van der Waals surface area contributed by atoms with Gasteiger partial charge in [-0.3, -0.25) is 9.59 Å². The molecule has 0 radical (unpaired) electrons. The summed E-state index contributed by atoms with van der Waals surface area (Å²) in [4.78, 5) is 23.9. The zero-order valence-corrected chi connectivity index (χ0v) is 13.8. The lowest BCUT2D eigenvalue weighted by Gasteiger charge is -2.24. The van der Waals surface area contributed by atoms with Crippen molar-refractivity contribution in [1.82, 2.24) is 0 Å². The molecule has 1 amide bonds. The summed E-state index contributed by atoms with van der Waals surface area (Å²) in [5, 5.41) is 12.8. The lowest BCUT2D eigenvalue weighted by molar-refractivity contribution is -0.146. The van der Waals surface area contributed by atoms with Crippen molar-refractivity contribution in [3.63, 3.8) is 0 Å². The number of amides is 1. The maximum absolute atomic E-state index is 12.5. The van der Waals surface area contributed by atoms with Crippen molar-refractivity contribution in [2.75, 3.05) is 5.32 Å². The zero-order valence-electron chi connectivity index (χ0n) is 10.9. The number of carboxylic acid groups (broad SMARTS) is 1. The summed E-state index contributed by atoms with van der Waals surface area (Å²) in [5.74, 6) is -2.22. The van der Waals surface area contributed by atoms with Crippen LogP contribution in [0.1, 0.15) is 6.42 Å². The zero-order chi connectivity index (χ0) is 15.1. The first kappa shape index (κ1) is 14.8. The van der Waals surface area contributed by atoms with Crippen LogP contribution in [0.3, 0.4) is 0 Å². The van der Waals surface area contributed by atoms with Crippen LogP contribution in [0.2, 0.25) is 5.02 Å². The topological polar surface area (TPSA) is 66.4 Å². The van der Waals surface area contributed by atoms with Gasteiger partial charge in [0.1, 0.15) is 0 Å². The van der Waals surface area contributed by atoms with Crippen molar-refractivity contribution in [1.29, 1.82) is 0 Å². The van der Waals surface area contributed by atoms with Crippen LogP contribution in [0, 0.1) is 27.2 Å². The molecule has 1 aromatic rings. The van der Waals surface area contributed by atoms with Crippen molar-refractivity contribution in [2.45, 2.75) is 6.42 Å². The van der Waals surface area contributed by atoms with E-state index in [-0.39, 0.29) is 17.7 Å². The summed E-state index contributed by atoms with van der Waals surface area (Å²) in [7, 11) is 0. The van der Waals surface area contributed by atoms with Gasteiger partial charge in [-0.2, -0.15) is 0 Å². The number of fused-ring (bicyclic) bond motifs is 2. The van der Waals surface area contributed by atoms with Gasteiger partial charge in [-0.05, 0) is 59.0 Å². The van der Waals surface area contributed by atoms with Crippen LogP contribution in [0.4, 0.5) is 5.69 Å². The number of hydrogen-bond donors (Lipinski definition) is 2. The minimum absolute atomic E-state index is 0.0208. The van der Waals surface area contributed by atoms with E-state index in [2.05, 4.69) is 27.9 Å². The number of benzene rings is 1. The minimum Gasteiger partial charge on any atom is -0.481 e. The maximum atomic E-state index is 12.5. The quantitative estimate of drug-likeness (QED) is 0.585. The number of rotatable bonds is 3. The standard InChI is InChI=1S/C15H13ClINO3/c16-9-3-4-11(10(17)6-9)18-14(19)12-7-1-2-8(5-7)13(12)15(20)21/h1-4,6-8,12-13H,5H2,(H,18,19)(H,20,21)/t7?,8?,12-,13+/m0/s1. The average molecular weight is 418 g/mol. The SMILES string of the molecule is O=C(O)[C@@H]1C2C=CC(C2)[C@@H]1C(=O)Nc1ccc(Cl)cc1I. The normalized spacial score (nSPS) is 29.6. The first-order chi connectivity index (χ1) is 9.97. The van der Waals surface area contributed by atoms with Crippen molar-refractivity contribution < 1.29 is 14.7 Å². The molecule has 2 aliphatic carbocycles. The van der Waals surface area contributed by atoms with Gasteiger partial charge in [0.15, 0.2) is 0 Å². The fourth-order valence-corrected chi connectivity index (χ4v) is 4.33. The molecule has 1 aromatic carbocycles. The van der Waals surface area contributed by atoms with Gasteiger partial charge in [-0.15, -0.1) is 0 Å². The molecule has 2 bridgehead atoms. The van der Waals surface area contributed by atoms with Crippen LogP contribution in [0.15, 0.2) is 30.4 Å². The van der Waals surface area contributed by atoms with E-state index in [0.717, 1.165) is 9.99 Å². The highest BCUT2D eigenvalue weighted by Gasteiger charge is 2.51. The number of carboxylic acids is 1. The maximum Gasteiger partial charge on any atom is 0.307 e.